The Labute approximate surface area is 116 Å². The van der Waals surface area contributed by atoms with Gasteiger partial charge in [-0.25, -0.2) is 0 Å². The van der Waals surface area contributed by atoms with Crippen LogP contribution in [0.4, 0.5) is 11.4 Å². The summed E-state index contributed by atoms with van der Waals surface area (Å²) >= 11 is 0. The van der Waals surface area contributed by atoms with Crippen LogP contribution in [0.3, 0.4) is 0 Å². The molecule has 1 atom stereocenters. The van der Waals surface area contributed by atoms with Gasteiger partial charge >= 0.3 is 11.7 Å². The maximum atomic E-state index is 11.2. The standard InChI is InChI=1S/C13H15N3O4/c1-3-15(9(2)7-12(17)18)11-6-4-5-10(8-14)13(11)16(19)20/h4-6,9H,3,7H2,1-2H3,(H,17,18). The van der Waals surface area contributed by atoms with Crippen LogP contribution < -0.4 is 4.90 Å². The molecule has 7 nitrogen and oxygen atoms in total. The first-order valence-electron chi connectivity index (χ1n) is 6.08. The molecule has 20 heavy (non-hydrogen) atoms. The fourth-order valence-electron chi connectivity index (χ4n) is 2.13. The number of para-hydroxylation sites is 1. The molecular formula is C13H15N3O4. The zero-order valence-corrected chi connectivity index (χ0v) is 11.2. The van der Waals surface area contributed by atoms with Crippen molar-refractivity contribution in [3.8, 4) is 6.07 Å². The lowest BCUT2D eigenvalue weighted by atomic mass is 10.1. The first-order chi connectivity index (χ1) is 9.42. The molecule has 0 spiro atoms. The van der Waals surface area contributed by atoms with Crippen LogP contribution in [0.2, 0.25) is 0 Å². The molecule has 0 aliphatic heterocycles. The van der Waals surface area contributed by atoms with E-state index in [9.17, 15) is 14.9 Å². The molecule has 7 heteroatoms. The lowest BCUT2D eigenvalue weighted by Crippen LogP contribution is -2.35. The van der Waals surface area contributed by atoms with Crippen molar-refractivity contribution in [3.63, 3.8) is 0 Å². The largest absolute Gasteiger partial charge is 0.481 e. The van der Waals surface area contributed by atoms with Gasteiger partial charge in [-0.15, -0.1) is 0 Å². The van der Waals surface area contributed by atoms with Gasteiger partial charge in [0, 0.05) is 12.6 Å². The topological polar surface area (TPSA) is 107 Å². The monoisotopic (exact) mass is 277 g/mol. The minimum atomic E-state index is -0.977. The summed E-state index contributed by atoms with van der Waals surface area (Å²) in [5.74, 6) is -0.977. The fourth-order valence-corrected chi connectivity index (χ4v) is 2.13. The molecule has 1 unspecified atom stereocenters. The third-order valence-corrected chi connectivity index (χ3v) is 2.97. The highest BCUT2D eigenvalue weighted by molar-refractivity contribution is 5.72. The summed E-state index contributed by atoms with van der Waals surface area (Å²) in [6.45, 7) is 3.87. The van der Waals surface area contributed by atoms with Crippen LogP contribution in [-0.4, -0.2) is 28.6 Å². The van der Waals surface area contributed by atoms with E-state index < -0.39 is 16.9 Å². The summed E-state index contributed by atoms with van der Waals surface area (Å²) in [6.07, 6.45) is -0.137. The lowest BCUT2D eigenvalue weighted by Gasteiger charge is -2.28. The van der Waals surface area contributed by atoms with Crippen molar-refractivity contribution < 1.29 is 14.8 Å². The Balaban J connectivity index is 3.32. The van der Waals surface area contributed by atoms with Crippen LogP contribution in [0.5, 0.6) is 0 Å². The van der Waals surface area contributed by atoms with Gasteiger partial charge in [0.2, 0.25) is 0 Å². The van der Waals surface area contributed by atoms with Crippen LogP contribution in [0.15, 0.2) is 18.2 Å². The molecule has 0 heterocycles. The zero-order chi connectivity index (χ0) is 15.3. The average Bonchev–Trinajstić information content (AvgIpc) is 2.37. The molecule has 0 bridgehead atoms. The van der Waals surface area contributed by atoms with E-state index in [0.29, 0.717) is 6.54 Å². The Kier molecular flexibility index (Phi) is 5.03. The Morgan fingerprint density at radius 3 is 2.70 bits per heavy atom. The highest BCUT2D eigenvalue weighted by Gasteiger charge is 2.26. The number of hydrogen-bond donors (Lipinski definition) is 1. The van der Waals surface area contributed by atoms with Crippen LogP contribution >= 0.6 is 0 Å². The predicted octanol–water partition coefficient (Wildman–Crippen LogP) is 2.16. The molecule has 1 N–H and O–H groups in total. The van der Waals surface area contributed by atoms with Gasteiger partial charge in [0.1, 0.15) is 17.3 Å². The highest BCUT2D eigenvalue weighted by atomic mass is 16.6. The number of rotatable bonds is 6. The summed E-state index contributed by atoms with van der Waals surface area (Å²) in [5.41, 5.74) is -0.0483. The van der Waals surface area contributed by atoms with Crippen LogP contribution in [0, 0.1) is 21.4 Å². The number of aliphatic carboxylic acids is 1. The number of nitriles is 1. The number of carboxylic acid groups (broad SMARTS) is 1. The SMILES string of the molecule is CCN(c1cccc(C#N)c1[N+](=O)[O-])C(C)CC(=O)O. The van der Waals surface area contributed by atoms with Crippen LogP contribution in [0.25, 0.3) is 0 Å². The molecule has 0 aliphatic rings. The average molecular weight is 277 g/mol. The van der Waals surface area contributed by atoms with Crippen molar-refractivity contribution in [3.05, 3.63) is 33.9 Å². The minimum Gasteiger partial charge on any atom is -0.481 e. The van der Waals surface area contributed by atoms with Gasteiger partial charge in [0.25, 0.3) is 0 Å². The van der Waals surface area contributed by atoms with Gasteiger partial charge in [0.05, 0.1) is 11.3 Å². The second-order valence-electron chi connectivity index (χ2n) is 4.28. The number of carbonyl (C=O) groups is 1. The van der Waals surface area contributed by atoms with E-state index in [4.69, 9.17) is 10.4 Å². The molecular weight excluding hydrogens is 262 g/mol. The van der Waals surface area contributed by atoms with Crippen LogP contribution in [-0.2, 0) is 4.79 Å². The van der Waals surface area contributed by atoms with E-state index in [-0.39, 0.29) is 23.4 Å². The van der Waals surface area contributed by atoms with Gasteiger partial charge in [-0.3, -0.25) is 14.9 Å². The molecule has 1 rings (SSSR count). The van der Waals surface area contributed by atoms with E-state index in [1.54, 1.807) is 30.9 Å². The van der Waals surface area contributed by atoms with Gasteiger partial charge in [-0.05, 0) is 26.0 Å². The Hall–Kier alpha value is -2.62. The molecule has 0 aromatic heterocycles. The molecule has 106 valence electrons. The Morgan fingerprint density at radius 2 is 2.25 bits per heavy atom. The molecule has 0 amide bonds. The molecule has 0 saturated heterocycles. The molecule has 0 saturated carbocycles. The van der Waals surface area contributed by atoms with Crippen molar-refractivity contribution >= 4 is 17.3 Å². The number of nitrogens with zero attached hydrogens (tertiary/aromatic N) is 3. The summed E-state index contributed by atoms with van der Waals surface area (Å²) in [6, 6.07) is 5.83. The quantitative estimate of drug-likeness (QED) is 0.630. The molecule has 0 aliphatic carbocycles. The fraction of sp³-hybridized carbons (Fsp3) is 0.385. The molecule has 0 fully saturated rings. The summed E-state index contributed by atoms with van der Waals surface area (Å²) < 4.78 is 0. The zero-order valence-electron chi connectivity index (χ0n) is 11.2. The smallest absolute Gasteiger partial charge is 0.310 e. The van der Waals surface area contributed by atoms with Crippen molar-refractivity contribution in [2.24, 2.45) is 0 Å². The Morgan fingerprint density at radius 1 is 1.60 bits per heavy atom. The van der Waals surface area contributed by atoms with Gasteiger partial charge in [-0.1, -0.05) is 6.07 Å². The molecule has 1 aromatic carbocycles. The maximum absolute atomic E-state index is 11.2. The molecule has 0 radical (unpaired) electrons. The first kappa shape index (κ1) is 15.4. The second kappa shape index (κ2) is 6.52. The number of benzene rings is 1. The van der Waals surface area contributed by atoms with Crippen molar-refractivity contribution in [1.29, 1.82) is 5.26 Å². The number of nitro benzene ring substituents is 1. The van der Waals surface area contributed by atoms with E-state index in [2.05, 4.69) is 0 Å². The van der Waals surface area contributed by atoms with E-state index in [1.807, 2.05) is 0 Å². The van der Waals surface area contributed by atoms with Crippen LogP contribution in [0.1, 0.15) is 25.8 Å². The van der Waals surface area contributed by atoms with Crippen molar-refractivity contribution in [2.45, 2.75) is 26.3 Å². The summed E-state index contributed by atoms with van der Waals surface area (Å²) in [7, 11) is 0. The third-order valence-electron chi connectivity index (χ3n) is 2.97. The summed E-state index contributed by atoms with van der Waals surface area (Å²) in [4.78, 5) is 23.0. The normalized spacial score (nSPS) is 11.4. The summed E-state index contributed by atoms with van der Waals surface area (Å²) in [5, 5.41) is 29.0. The first-order valence-corrected chi connectivity index (χ1v) is 6.08. The predicted molar refractivity (Wildman–Crippen MR) is 72.5 cm³/mol. The highest BCUT2D eigenvalue weighted by Crippen LogP contribution is 2.32. The second-order valence-corrected chi connectivity index (χ2v) is 4.28. The third kappa shape index (κ3) is 3.23. The van der Waals surface area contributed by atoms with E-state index in [1.165, 1.54) is 12.1 Å². The van der Waals surface area contributed by atoms with Crippen molar-refractivity contribution in [1.82, 2.24) is 0 Å². The Bertz CT molecular complexity index is 565. The number of carboxylic acids is 1. The maximum Gasteiger partial charge on any atom is 0.310 e. The van der Waals surface area contributed by atoms with E-state index in [0.717, 1.165) is 0 Å². The van der Waals surface area contributed by atoms with Gasteiger partial charge in [0.15, 0.2) is 0 Å². The van der Waals surface area contributed by atoms with Gasteiger partial charge in [-0.2, -0.15) is 5.26 Å². The number of anilines is 1. The molecule has 1 aromatic rings. The van der Waals surface area contributed by atoms with Crippen molar-refractivity contribution in [2.75, 3.05) is 11.4 Å². The lowest BCUT2D eigenvalue weighted by molar-refractivity contribution is -0.384. The van der Waals surface area contributed by atoms with Gasteiger partial charge < -0.3 is 10.0 Å². The number of hydrogen-bond acceptors (Lipinski definition) is 5. The minimum absolute atomic E-state index is 0.0338. The van der Waals surface area contributed by atoms with E-state index >= 15 is 0 Å². The number of nitro groups is 1.